The number of rotatable bonds is 9. The summed E-state index contributed by atoms with van der Waals surface area (Å²) in [5.74, 6) is -3.78. The van der Waals surface area contributed by atoms with E-state index in [1.54, 1.807) is 0 Å². The molecule has 0 aliphatic rings. The first-order valence-corrected chi connectivity index (χ1v) is 7.62. The van der Waals surface area contributed by atoms with Gasteiger partial charge in [-0.15, -0.1) is 0 Å². The first-order valence-electron chi connectivity index (χ1n) is 7.62. The maximum atomic E-state index is 14.0. The number of halogens is 3. The van der Waals surface area contributed by atoms with Crippen LogP contribution in [0, 0.1) is 27.6 Å². The van der Waals surface area contributed by atoms with Crippen LogP contribution in [0.4, 0.5) is 18.9 Å². The third kappa shape index (κ3) is 4.79. The molecule has 0 heterocycles. The molecule has 2 aromatic rings. The van der Waals surface area contributed by atoms with E-state index in [2.05, 4.69) is 0 Å². The highest BCUT2D eigenvalue weighted by atomic mass is 19.2. The molecule has 0 radical (unpaired) electrons. The van der Waals surface area contributed by atoms with Crippen molar-refractivity contribution in [2.45, 2.75) is 6.61 Å². The molecule has 0 aromatic heterocycles. The third-order valence-corrected chi connectivity index (χ3v) is 3.50. The molecule has 10 heteroatoms. The van der Waals surface area contributed by atoms with E-state index in [4.69, 9.17) is 18.9 Å². The number of nitrogens with zero attached hydrogens (tertiary/aromatic N) is 1. The largest absolute Gasteiger partial charge is 0.496 e. The smallest absolute Gasteiger partial charge is 0.308 e. The fourth-order valence-corrected chi connectivity index (χ4v) is 2.18. The van der Waals surface area contributed by atoms with Gasteiger partial charge in [0.05, 0.1) is 30.3 Å². The van der Waals surface area contributed by atoms with E-state index in [0.717, 1.165) is 18.2 Å². The topological polar surface area (TPSA) is 80.1 Å². The summed E-state index contributed by atoms with van der Waals surface area (Å²) in [6, 6.07) is 3.68. The minimum Gasteiger partial charge on any atom is -0.496 e. The Kier molecular flexibility index (Phi) is 6.83. The standard InChI is InChI=1S/C17H16F3NO6/c1-24-5-6-26-15-7-12(19)13(21(22)23)8-16(15)27-9-10-14(25-2)4-3-11(18)17(10)20/h3-4,7-8H,5-6,9H2,1-2H3. The first-order chi connectivity index (χ1) is 12.9. The zero-order valence-electron chi connectivity index (χ0n) is 14.5. The number of hydrogen-bond donors (Lipinski definition) is 0. The number of benzene rings is 2. The molecule has 0 amide bonds. The highest BCUT2D eigenvalue weighted by molar-refractivity contribution is 5.50. The summed E-state index contributed by atoms with van der Waals surface area (Å²) in [5.41, 5.74) is -1.09. The molecule has 0 aliphatic carbocycles. The molecule has 0 bridgehead atoms. The summed E-state index contributed by atoms with van der Waals surface area (Å²) < 4.78 is 61.7. The molecule has 7 nitrogen and oxygen atoms in total. The van der Waals surface area contributed by atoms with Crippen LogP contribution < -0.4 is 14.2 Å². The van der Waals surface area contributed by atoms with Gasteiger partial charge in [-0.05, 0) is 12.1 Å². The summed E-state index contributed by atoms with van der Waals surface area (Å²) in [4.78, 5) is 10.00. The predicted molar refractivity (Wildman–Crippen MR) is 87.7 cm³/mol. The molecule has 146 valence electrons. The van der Waals surface area contributed by atoms with Crippen LogP contribution in [0.3, 0.4) is 0 Å². The van der Waals surface area contributed by atoms with Crippen molar-refractivity contribution in [3.8, 4) is 17.2 Å². The summed E-state index contributed by atoms with van der Waals surface area (Å²) >= 11 is 0. The lowest BCUT2D eigenvalue weighted by molar-refractivity contribution is -0.387. The van der Waals surface area contributed by atoms with Crippen LogP contribution in [0.15, 0.2) is 24.3 Å². The average molecular weight is 387 g/mol. The second-order valence-corrected chi connectivity index (χ2v) is 5.18. The average Bonchev–Trinajstić information content (AvgIpc) is 2.64. The molecular weight excluding hydrogens is 371 g/mol. The van der Waals surface area contributed by atoms with Crippen molar-refractivity contribution in [1.29, 1.82) is 0 Å². The fourth-order valence-electron chi connectivity index (χ4n) is 2.18. The summed E-state index contributed by atoms with van der Waals surface area (Å²) in [6.45, 7) is -0.345. The van der Waals surface area contributed by atoms with Crippen molar-refractivity contribution >= 4 is 5.69 Å². The second-order valence-electron chi connectivity index (χ2n) is 5.18. The van der Waals surface area contributed by atoms with Gasteiger partial charge >= 0.3 is 5.69 Å². The third-order valence-electron chi connectivity index (χ3n) is 3.50. The van der Waals surface area contributed by atoms with Gasteiger partial charge in [0.1, 0.15) is 19.0 Å². The molecule has 2 rings (SSSR count). The van der Waals surface area contributed by atoms with Crippen LogP contribution in [-0.4, -0.2) is 32.4 Å². The van der Waals surface area contributed by atoms with Gasteiger partial charge in [0.25, 0.3) is 0 Å². The van der Waals surface area contributed by atoms with Gasteiger partial charge in [0.15, 0.2) is 23.1 Å². The Morgan fingerprint density at radius 2 is 1.67 bits per heavy atom. The van der Waals surface area contributed by atoms with Crippen LogP contribution in [0.1, 0.15) is 5.56 Å². The van der Waals surface area contributed by atoms with E-state index in [9.17, 15) is 23.3 Å². The molecule has 0 unspecified atom stereocenters. The number of methoxy groups -OCH3 is 2. The van der Waals surface area contributed by atoms with Crippen molar-refractivity contribution in [3.05, 3.63) is 57.4 Å². The van der Waals surface area contributed by atoms with Crippen LogP contribution in [0.25, 0.3) is 0 Å². The Labute approximate surface area is 152 Å². The molecule has 0 atom stereocenters. The lowest BCUT2D eigenvalue weighted by Gasteiger charge is -2.15. The molecule has 0 fully saturated rings. The minimum absolute atomic E-state index is 0.0156. The zero-order chi connectivity index (χ0) is 20.0. The molecule has 2 aromatic carbocycles. The van der Waals surface area contributed by atoms with Crippen molar-refractivity contribution in [2.24, 2.45) is 0 Å². The minimum atomic E-state index is -1.19. The Hall–Kier alpha value is -3.01. The molecule has 0 saturated heterocycles. The number of nitro benzene ring substituents is 1. The highest BCUT2D eigenvalue weighted by Gasteiger charge is 2.22. The Bertz CT molecular complexity index is 831. The van der Waals surface area contributed by atoms with Gasteiger partial charge in [-0.25, -0.2) is 8.78 Å². The second kappa shape index (κ2) is 9.08. The Morgan fingerprint density at radius 3 is 2.30 bits per heavy atom. The molecule has 0 aliphatic heterocycles. The molecule has 0 saturated carbocycles. The zero-order valence-corrected chi connectivity index (χ0v) is 14.5. The van der Waals surface area contributed by atoms with Crippen LogP contribution >= 0.6 is 0 Å². The molecule has 0 spiro atoms. The van der Waals surface area contributed by atoms with E-state index in [1.165, 1.54) is 20.3 Å². The number of hydrogen-bond acceptors (Lipinski definition) is 6. The number of nitro groups is 1. The van der Waals surface area contributed by atoms with Gasteiger partial charge in [0, 0.05) is 13.2 Å². The lowest BCUT2D eigenvalue weighted by Crippen LogP contribution is -2.08. The van der Waals surface area contributed by atoms with E-state index in [0.29, 0.717) is 0 Å². The van der Waals surface area contributed by atoms with Crippen LogP contribution in [0.5, 0.6) is 17.2 Å². The van der Waals surface area contributed by atoms with E-state index in [1.807, 2.05) is 0 Å². The van der Waals surface area contributed by atoms with Crippen molar-refractivity contribution in [2.75, 3.05) is 27.4 Å². The quantitative estimate of drug-likeness (QED) is 0.371. The van der Waals surface area contributed by atoms with Crippen LogP contribution in [-0.2, 0) is 11.3 Å². The van der Waals surface area contributed by atoms with Gasteiger partial charge in [0.2, 0.25) is 5.82 Å². The monoisotopic (exact) mass is 387 g/mol. The SMILES string of the molecule is COCCOc1cc(F)c([N+](=O)[O-])cc1OCc1c(OC)ccc(F)c1F. The maximum Gasteiger partial charge on any atom is 0.308 e. The predicted octanol–water partition coefficient (Wildman–Crippen LogP) is 3.62. The normalized spacial score (nSPS) is 10.6. The van der Waals surface area contributed by atoms with Gasteiger partial charge in [-0.2, -0.15) is 4.39 Å². The van der Waals surface area contributed by atoms with E-state index < -0.39 is 34.7 Å². The first kappa shape index (κ1) is 20.3. The lowest BCUT2D eigenvalue weighted by atomic mass is 10.2. The van der Waals surface area contributed by atoms with Gasteiger partial charge in [-0.3, -0.25) is 10.1 Å². The summed E-state index contributed by atoms with van der Waals surface area (Å²) in [5, 5.41) is 10.9. The Balaban J connectivity index is 2.35. The summed E-state index contributed by atoms with van der Waals surface area (Å²) in [6.07, 6.45) is 0. The van der Waals surface area contributed by atoms with Crippen molar-refractivity contribution < 1.29 is 37.0 Å². The molecule has 27 heavy (non-hydrogen) atoms. The maximum absolute atomic E-state index is 14.0. The van der Waals surface area contributed by atoms with Gasteiger partial charge < -0.3 is 18.9 Å². The molecule has 0 N–H and O–H groups in total. The van der Waals surface area contributed by atoms with E-state index in [-0.39, 0.29) is 36.0 Å². The number of ether oxygens (including phenoxy) is 4. The van der Waals surface area contributed by atoms with Crippen molar-refractivity contribution in [3.63, 3.8) is 0 Å². The molecular formula is C17H16F3NO6. The Morgan fingerprint density at radius 1 is 0.963 bits per heavy atom. The van der Waals surface area contributed by atoms with Gasteiger partial charge in [-0.1, -0.05) is 0 Å². The van der Waals surface area contributed by atoms with Crippen molar-refractivity contribution in [1.82, 2.24) is 0 Å². The summed E-state index contributed by atoms with van der Waals surface area (Å²) in [7, 11) is 2.69. The van der Waals surface area contributed by atoms with Crippen LogP contribution in [0.2, 0.25) is 0 Å². The fraction of sp³-hybridized carbons (Fsp3) is 0.294. The van der Waals surface area contributed by atoms with E-state index >= 15 is 0 Å². The highest BCUT2D eigenvalue weighted by Crippen LogP contribution is 2.35.